The van der Waals surface area contributed by atoms with E-state index in [0.29, 0.717) is 21.5 Å². The van der Waals surface area contributed by atoms with Crippen molar-refractivity contribution in [2.45, 2.75) is 6.42 Å². The Morgan fingerprint density at radius 3 is 2.40 bits per heavy atom. The lowest BCUT2D eigenvalue weighted by Gasteiger charge is -2.10. The molecule has 2 aromatic rings. The first kappa shape index (κ1) is 14.7. The summed E-state index contributed by atoms with van der Waals surface area (Å²) in [5.74, 6) is 0.423. The van der Waals surface area contributed by atoms with Gasteiger partial charge in [0.1, 0.15) is 5.75 Å². The van der Waals surface area contributed by atoms with Gasteiger partial charge in [0.25, 0.3) is 0 Å². The number of benzene rings is 2. The van der Waals surface area contributed by atoms with Crippen molar-refractivity contribution < 1.29 is 9.53 Å². The number of methoxy groups -OCH3 is 1. The number of carbonyl (C=O) groups is 1. The summed E-state index contributed by atoms with van der Waals surface area (Å²) in [4.78, 5) is 12.0. The summed E-state index contributed by atoms with van der Waals surface area (Å²) in [6.07, 6.45) is 0.257. The summed E-state index contributed by atoms with van der Waals surface area (Å²) >= 11 is 11.7. The van der Waals surface area contributed by atoms with Crippen LogP contribution in [0.5, 0.6) is 5.75 Å². The molecule has 1 N–H and O–H groups in total. The number of carbonyl (C=O) groups excluding carboxylic acids is 1. The Morgan fingerprint density at radius 2 is 1.75 bits per heavy atom. The number of rotatable bonds is 4. The van der Waals surface area contributed by atoms with Crippen LogP contribution in [0, 0.1) is 0 Å². The maximum absolute atomic E-state index is 12.0. The molecular formula is C15H13Cl2NO2. The lowest BCUT2D eigenvalue weighted by Crippen LogP contribution is -2.15. The molecule has 0 aromatic heterocycles. The molecular weight excluding hydrogens is 297 g/mol. The van der Waals surface area contributed by atoms with Crippen LogP contribution in [0.15, 0.2) is 42.5 Å². The van der Waals surface area contributed by atoms with Gasteiger partial charge in [-0.3, -0.25) is 4.79 Å². The SMILES string of the molecule is COc1ccc(Cl)cc1NC(=O)Cc1ccc(Cl)cc1. The van der Waals surface area contributed by atoms with Gasteiger partial charge in [0, 0.05) is 10.0 Å². The zero-order chi connectivity index (χ0) is 14.5. The Kier molecular flexibility index (Phi) is 4.88. The molecule has 0 unspecified atom stereocenters. The highest BCUT2D eigenvalue weighted by molar-refractivity contribution is 6.31. The van der Waals surface area contributed by atoms with Crippen LogP contribution < -0.4 is 10.1 Å². The summed E-state index contributed by atoms with van der Waals surface area (Å²) < 4.78 is 5.18. The van der Waals surface area contributed by atoms with Gasteiger partial charge >= 0.3 is 0 Å². The highest BCUT2D eigenvalue weighted by Crippen LogP contribution is 2.27. The van der Waals surface area contributed by atoms with E-state index in [1.54, 1.807) is 30.3 Å². The van der Waals surface area contributed by atoms with E-state index in [1.807, 2.05) is 12.1 Å². The molecule has 0 aliphatic carbocycles. The second-order valence-electron chi connectivity index (χ2n) is 4.20. The number of hydrogen-bond donors (Lipinski definition) is 1. The normalized spacial score (nSPS) is 10.2. The minimum atomic E-state index is -0.145. The van der Waals surface area contributed by atoms with Crippen LogP contribution in [0.25, 0.3) is 0 Å². The van der Waals surface area contributed by atoms with Gasteiger partial charge in [0.2, 0.25) is 5.91 Å². The molecule has 2 rings (SSSR count). The minimum absolute atomic E-state index is 0.145. The molecule has 0 spiro atoms. The molecule has 104 valence electrons. The van der Waals surface area contributed by atoms with Crippen molar-refractivity contribution in [2.24, 2.45) is 0 Å². The first-order chi connectivity index (χ1) is 9.58. The molecule has 20 heavy (non-hydrogen) atoms. The summed E-state index contributed by atoms with van der Waals surface area (Å²) in [6, 6.07) is 12.2. The van der Waals surface area contributed by atoms with E-state index in [0.717, 1.165) is 5.56 Å². The molecule has 0 aliphatic heterocycles. The minimum Gasteiger partial charge on any atom is -0.495 e. The van der Waals surface area contributed by atoms with Gasteiger partial charge in [-0.25, -0.2) is 0 Å². The third kappa shape index (κ3) is 3.89. The number of nitrogens with one attached hydrogen (secondary N) is 1. The Labute approximate surface area is 127 Å². The second kappa shape index (κ2) is 6.64. The van der Waals surface area contributed by atoms with Crippen molar-refractivity contribution >= 4 is 34.8 Å². The van der Waals surface area contributed by atoms with Gasteiger partial charge < -0.3 is 10.1 Å². The molecule has 0 saturated heterocycles. The fraction of sp³-hybridized carbons (Fsp3) is 0.133. The molecule has 3 nitrogen and oxygen atoms in total. The average molecular weight is 310 g/mol. The molecule has 0 radical (unpaired) electrons. The molecule has 0 bridgehead atoms. The predicted octanol–water partition coefficient (Wildman–Crippen LogP) is 4.18. The van der Waals surface area contributed by atoms with Crippen molar-refractivity contribution in [3.8, 4) is 5.75 Å². The number of ether oxygens (including phenoxy) is 1. The number of halogens is 2. The predicted molar refractivity (Wildman–Crippen MR) is 81.8 cm³/mol. The van der Waals surface area contributed by atoms with E-state index >= 15 is 0 Å². The summed E-state index contributed by atoms with van der Waals surface area (Å²) in [5, 5.41) is 3.96. The lowest BCUT2D eigenvalue weighted by atomic mass is 10.1. The first-order valence-corrected chi connectivity index (χ1v) is 6.72. The van der Waals surface area contributed by atoms with Crippen molar-refractivity contribution in [2.75, 3.05) is 12.4 Å². The van der Waals surface area contributed by atoms with Crippen LogP contribution in [-0.2, 0) is 11.2 Å². The monoisotopic (exact) mass is 309 g/mol. The highest BCUT2D eigenvalue weighted by atomic mass is 35.5. The molecule has 5 heteroatoms. The smallest absolute Gasteiger partial charge is 0.228 e. The van der Waals surface area contributed by atoms with Crippen LogP contribution in [0.3, 0.4) is 0 Å². The van der Waals surface area contributed by atoms with E-state index in [9.17, 15) is 4.79 Å². The van der Waals surface area contributed by atoms with E-state index in [-0.39, 0.29) is 12.3 Å². The molecule has 0 heterocycles. The van der Waals surface area contributed by atoms with E-state index in [2.05, 4.69) is 5.32 Å². The van der Waals surface area contributed by atoms with Crippen molar-refractivity contribution in [3.05, 3.63) is 58.1 Å². The fourth-order valence-electron chi connectivity index (χ4n) is 1.76. The molecule has 0 saturated carbocycles. The maximum Gasteiger partial charge on any atom is 0.228 e. The van der Waals surface area contributed by atoms with Crippen LogP contribution in [0.1, 0.15) is 5.56 Å². The lowest BCUT2D eigenvalue weighted by molar-refractivity contribution is -0.115. The van der Waals surface area contributed by atoms with Crippen LogP contribution >= 0.6 is 23.2 Å². The number of hydrogen-bond acceptors (Lipinski definition) is 2. The topological polar surface area (TPSA) is 38.3 Å². The third-order valence-electron chi connectivity index (χ3n) is 2.71. The van der Waals surface area contributed by atoms with Gasteiger partial charge in [-0.05, 0) is 35.9 Å². The van der Waals surface area contributed by atoms with Gasteiger partial charge in [0.15, 0.2) is 0 Å². The molecule has 0 fully saturated rings. The largest absolute Gasteiger partial charge is 0.495 e. The summed E-state index contributed by atoms with van der Waals surface area (Å²) in [7, 11) is 1.54. The van der Waals surface area contributed by atoms with Gasteiger partial charge in [-0.15, -0.1) is 0 Å². The Bertz CT molecular complexity index is 612. The van der Waals surface area contributed by atoms with Crippen molar-refractivity contribution in [1.82, 2.24) is 0 Å². The van der Waals surface area contributed by atoms with E-state index in [4.69, 9.17) is 27.9 Å². The van der Waals surface area contributed by atoms with Crippen LogP contribution in [-0.4, -0.2) is 13.0 Å². The zero-order valence-corrected chi connectivity index (χ0v) is 12.3. The molecule has 0 atom stereocenters. The summed E-state index contributed by atoms with van der Waals surface area (Å²) in [6.45, 7) is 0. The number of anilines is 1. The molecule has 2 aromatic carbocycles. The Balaban J connectivity index is 2.08. The fourth-order valence-corrected chi connectivity index (χ4v) is 2.06. The average Bonchev–Trinajstić information content (AvgIpc) is 2.41. The Hall–Kier alpha value is -1.71. The van der Waals surface area contributed by atoms with Crippen LogP contribution in [0.2, 0.25) is 10.0 Å². The highest BCUT2D eigenvalue weighted by Gasteiger charge is 2.09. The Morgan fingerprint density at radius 1 is 1.10 bits per heavy atom. The van der Waals surface area contributed by atoms with Gasteiger partial charge in [0.05, 0.1) is 19.2 Å². The first-order valence-electron chi connectivity index (χ1n) is 5.96. The standard InChI is InChI=1S/C15H13Cl2NO2/c1-20-14-7-6-12(17)9-13(14)18-15(19)8-10-2-4-11(16)5-3-10/h2-7,9H,8H2,1H3,(H,18,19). The zero-order valence-electron chi connectivity index (χ0n) is 10.8. The van der Waals surface area contributed by atoms with Gasteiger partial charge in [-0.1, -0.05) is 35.3 Å². The maximum atomic E-state index is 12.0. The summed E-state index contributed by atoms with van der Waals surface area (Å²) in [5.41, 5.74) is 1.44. The van der Waals surface area contributed by atoms with Crippen molar-refractivity contribution in [3.63, 3.8) is 0 Å². The van der Waals surface area contributed by atoms with E-state index in [1.165, 1.54) is 7.11 Å². The molecule has 0 aliphatic rings. The second-order valence-corrected chi connectivity index (χ2v) is 5.07. The third-order valence-corrected chi connectivity index (χ3v) is 3.20. The van der Waals surface area contributed by atoms with Crippen molar-refractivity contribution in [1.29, 1.82) is 0 Å². The van der Waals surface area contributed by atoms with Gasteiger partial charge in [-0.2, -0.15) is 0 Å². The van der Waals surface area contributed by atoms with Crippen LogP contribution in [0.4, 0.5) is 5.69 Å². The van der Waals surface area contributed by atoms with E-state index < -0.39 is 0 Å². The quantitative estimate of drug-likeness (QED) is 0.920. The number of amides is 1. The molecule has 1 amide bonds.